The van der Waals surface area contributed by atoms with Crippen molar-refractivity contribution in [3.63, 3.8) is 0 Å². The summed E-state index contributed by atoms with van der Waals surface area (Å²) in [7, 11) is 0. The van der Waals surface area contributed by atoms with Gasteiger partial charge in [0.2, 0.25) is 5.91 Å². The maximum Gasteiger partial charge on any atom is 0.279 e. The van der Waals surface area contributed by atoms with Crippen molar-refractivity contribution in [3.05, 3.63) is 63.8 Å². The molecule has 0 spiro atoms. The first-order valence-corrected chi connectivity index (χ1v) is 9.85. The number of nitro benzene ring substituents is 1. The third-order valence-electron chi connectivity index (χ3n) is 4.76. The third-order valence-corrected chi connectivity index (χ3v) is 4.76. The number of ether oxygens (including phenoxy) is 1. The number of nitrogens with one attached hydrogen (secondary N) is 1. The molecule has 3 rings (SSSR count). The summed E-state index contributed by atoms with van der Waals surface area (Å²) in [6.07, 6.45) is 2.19. The highest BCUT2D eigenvalue weighted by molar-refractivity contribution is 5.93. The summed E-state index contributed by atoms with van der Waals surface area (Å²) in [6.45, 7) is 3.88. The normalized spacial score (nSPS) is 11.8. The molecule has 0 aliphatic rings. The van der Waals surface area contributed by atoms with E-state index in [1.54, 1.807) is 6.92 Å². The molecule has 0 saturated carbocycles. The Hall–Kier alpha value is -3.88. The van der Waals surface area contributed by atoms with Crippen molar-refractivity contribution in [1.82, 2.24) is 10.3 Å². The van der Waals surface area contributed by atoms with Gasteiger partial charge in [0, 0.05) is 18.7 Å². The van der Waals surface area contributed by atoms with E-state index in [1.807, 2.05) is 6.92 Å². The lowest BCUT2D eigenvalue weighted by molar-refractivity contribution is -0.383. The van der Waals surface area contributed by atoms with Gasteiger partial charge in [0.05, 0.1) is 28.5 Å². The highest BCUT2D eigenvalue weighted by Crippen LogP contribution is 2.39. The number of hydrogen-bond acceptors (Lipinski definition) is 7. The zero-order valence-electron chi connectivity index (χ0n) is 17.1. The molecule has 31 heavy (non-hydrogen) atoms. The van der Waals surface area contributed by atoms with Gasteiger partial charge in [0.25, 0.3) is 5.69 Å². The smallest absolute Gasteiger partial charge is 0.279 e. The summed E-state index contributed by atoms with van der Waals surface area (Å²) >= 11 is 0. The molecule has 2 N–H and O–H groups in total. The zero-order valence-corrected chi connectivity index (χ0v) is 17.1. The van der Waals surface area contributed by atoms with E-state index in [4.69, 9.17) is 4.74 Å². The highest BCUT2D eigenvalue weighted by Gasteiger charge is 2.24. The van der Waals surface area contributed by atoms with Gasteiger partial charge in [-0.3, -0.25) is 19.9 Å². The van der Waals surface area contributed by atoms with Crippen LogP contribution in [0.5, 0.6) is 17.2 Å². The number of phenols is 1. The highest BCUT2D eigenvalue weighted by atomic mass is 16.6. The summed E-state index contributed by atoms with van der Waals surface area (Å²) in [4.78, 5) is 27.6. The number of non-ortho nitro benzene ring substituents is 1. The Morgan fingerprint density at radius 1 is 1.29 bits per heavy atom. The van der Waals surface area contributed by atoms with Crippen molar-refractivity contribution in [2.45, 2.75) is 32.7 Å². The van der Waals surface area contributed by atoms with Gasteiger partial charge in [-0.15, -0.1) is 0 Å². The monoisotopic (exact) mass is 424 g/mol. The predicted molar refractivity (Wildman–Crippen MR) is 112 cm³/mol. The number of aromatic hydroxyl groups is 1. The second-order valence-corrected chi connectivity index (χ2v) is 6.88. The number of aromatic nitrogens is 1. The van der Waals surface area contributed by atoms with Gasteiger partial charge in [-0.25, -0.2) is 0 Å². The predicted octanol–water partition coefficient (Wildman–Crippen LogP) is 3.33. The number of benzene rings is 2. The van der Waals surface area contributed by atoms with Gasteiger partial charge in [-0.1, -0.05) is 18.7 Å². The first-order chi connectivity index (χ1) is 14.9. The van der Waals surface area contributed by atoms with Crippen LogP contribution in [-0.2, 0) is 4.79 Å². The Morgan fingerprint density at radius 3 is 2.74 bits per heavy atom. The Bertz CT molecular complexity index is 1130. The topological polar surface area (TPSA) is 138 Å². The summed E-state index contributed by atoms with van der Waals surface area (Å²) in [5, 5.41) is 37.8. The van der Waals surface area contributed by atoms with Gasteiger partial charge in [-0.2, -0.15) is 0 Å². The number of pyridine rings is 1. The van der Waals surface area contributed by atoms with Crippen LogP contribution in [-0.4, -0.2) is 27.5 Å². The van der Waals surface area contributed by atoms with E-state index in [1.165, 1.54) is 42.6 Å². The fourth-order valence-electron chi connectivity index (χ4n) is 3.37. The summed E-state index contributed by atoms with van der Waals surface area (Å²) in [6, 6.07) is 7.59. The number of amides is 1. The van der Waals surface area contributed by atoms with Crippen LogP contribution in [0, 0.1) is 10.1 Å². The van der Waals surface area contributed by atoms with Crippen LogP contribution in [0.4, 0.5) is 5.69 Å². The number of rotatable bonds is 8. The lowest BCUT2D eigenvalue weighted by Crippen LogP contribution is -2.29. The molecule has 9 nitrogen and oxygen atoms in total. The standard InChI is InChI=1S/C22H23N3O6/c1-3-6-19(27)24-20(13-8-9-17(26)18(11-13)31-4-2)15-12-16(25(29)30)14-7-5-10-23-21(14)22(15)28/h5,7-12,20,26,28H,3-4,6H2,1-2H3,(H,24,27)/p-1/t20-/m1/s1. The van der Waals surface area contributed by atoms with Crippen LogP contribution in [0.1, 0.15) is 43.9 Å². The van der Waals surface area contributed by atoms with E-state index in [-0.39, 0.29) is 46.0 Å². The molecule has 162 valence electrons. The van der Waals surface area contributed by atoms with E-state index in [0.29, 0.717) is 18.6 Å². The maximum atomic E-state index is 13.2. The minimum atomic E-state index is -0.989. The van der Waals surface area contributed by atoms with Crippen molar-refractivity contribution in [2.75, 3.05) is 6.61 Å². The van der Waals surface area contributed by atoms with Gasteiger partial charge in [0.1, 0.15) is 0 Å². The van der Waals surface area contributed by atoms with Crippen molar-refractivity contribution < 1.29 is 24.7 Å². The third kappa shape index (κ3) is 4.50. The van der Waals surface area contributed by atoms with Crippen LogP contribution in [0.3, 0.4) is 0 Å². The molecule has 9 heteroatoms. The SMILES string of the molecule is CCCC(=O)N[C@H](c1ccc(O)c(OCC)c1)c1cc([N+](=O)[O-])c2cccnc2c1[O-]. The second-order valence-electron chi connectivity index (χ2n) is 6.88. The van der Waals surface area contributed by atoms with Crippen LogP contribution in [0.15, 0.2) is 42.6 Å². The molecule has 0 saturated heterocycles. The van der Waals surface area contributed by atoms with Crippen molar-refractivity contribution in [1.29, 1.82) is 0 Å². The van der Waals surface area contributed by atoms with Crippen LogP contribution in [0.2, 0.25) is 0 Å². The number of carbonyl (C=O) groups is 1. The van der Waals surface area contributed by atoms with Gasteiger partial charge in [-0.05, 0) is 48.7 Å². The van der Waals surface area contributed by atoms with E-state index in [0.717, 1.165) is 0 Å². The molecule has 0 unspecified atom stereocenters. The number of nitro groups is 1. The van der Waals surface area contributed by atoms with Crippen molar-refractivity contribution in [3.8, 4) is 17.2 Å². The molecule has 0 bridgehead atoms. The largest absolute Gasteiger partial charge is 0.871 e. The molecule has 2 aromatic carbocycles. The number of carbonyl (C=O) groups excluding carboxylic acids is 1. The van der Waals surface area contributed by atoms with Gasteiger partial charge >= 0.3 is 0 Å². The molecule has 1 aromatic heterocycles. The molecule has 0 aliphatic carbocycles. The maximum absolute atomic E-state index is 13.2. The molecule has 0 fully saturated rings. The Morgan fingerprint density at radius 2 is 2.06 bits per heavy atom. The molecule has 3 aromatic rings. The van der Waals surface area contributed by atoms with Crippen LogP contribution < -0.4 is 15.2 Å². The molecule has 1 heterocycles. The average Bonchev–Trinajstić information content (AvgIpc) is 2.74. The molecular formula is C22H22N3O6-. The lowest BCUT2D eigenvalue weighted by Gasteiger charge is -2.26. The number of phenolic OH excluding ortho intramolecular Hbond substituents is 1. The van der Waals surface area contributed by atoms with Crippen LogP contribution in [0.25, 0.3) is 10.9 Å². The zero-order chi connectivity index (χ0) is 22.5. The molecule has 1 amide bonds. The lowest BCUT2D eigenvalue weighted by atomic mass is 9.94. The Labute approximate surface area is 178 Å². The number of nitrogens with zero attached hydrogens (tertiary/aromatic N) is 2. The fraction of sp³-hybridized carbons (Fsp3) is 0.273. The molecule has 0 aliphatic heterocycles. The van der Waals surface area contributed by atoms with Gasteiger partial charge < -0.3 is 20.3 Å². The van der Waals surface area contributed by atoms with E-state index in [9.17, 15) is 25.1 Å². The first-order valence-electron chi connectivity index (χ1n) is 9.85. The van der Waals surface area contributed by atoms with E-state index < -0.39 is 16.7 Å². The van der Waals surface area contributed by atoms with Crippen molar-refractivity contribution in [2.24, 2.45) is 0 Å². The number of fused-ring (bicyclic) bond motifs is 1. The minimum absolute atomic E-state index is 0.00971. The van der Waals surface area contributed by atoms with Gasteiger partial charge in [0.15, 0.2) is 11.5 Å². The molecule has 0 radical (unpaired) electrons. The quantitative estimate of drug-likeness (QED) is 0.418. The van der Waals surface area contributed by atoms with Crippen molar-refractivity contribution >= 4 is 22.5 Å². The summed E-state index contributed by atoms with van der Waals surface area (Å²) in [5.74, 6) is -0.760. The number of hydrogen-bond donors (Lipinski definition) is 2. The van der Waals surface area contributed by atoms with E-state index >= 15 is 0 Å². The first kappa shape index (κ1) is 21.8. The summed E-state index contributed by atoms with van der Waals surface area (Å²) in [5.41, 5.74) is 0.115. The Balaban J connectivity index is 2.24. The van der Waals surface area contributed by atoms with Crippen LogP contribution >= 0.6 is 0 Å². The minimum Gasteiger partial charge on any atom is -0.871 e. The molecule has 1 atom stereocenters. The average molecular weight is 424 g/mol. The fourth-order valence-corrected chi connectivity index (χ4v) is 3.37. The van der Waals surface area contributed by atoms with E-state index in [2.05, 4.69) is 10.3 Å². The molecular weight excluding hydrogens is 402 g/mol. The summed E-state index contributed by atoms with van der Waals surface area (Å²) < 4.78 is 5.42. The Kier molecular flexibility index (Phi) is 6.54. The second kappa shape index (κ2) is 9.29.